The van der Waals surface area contributed by atoms with Crippen molar-refractivity contribution in [2.45, 2.75) is 34.1 Å². The van der Waals surface area contributed by atoms with E-state index in [2.05, 4.69) is 36.8 Å². The summed E-state index contributed by atoms with van der Waals surface area (Å²) in [6.07, 6.45) is 1.14. The smallest absolute Gasteiger partial charge is 0.0892 e. The van der Waals surface area contributed by atoms with Gasteiger partial charge in [-0.25, -0.2) is 9.98 Å². The molecule has 78 valence electrons. The summed E-state index contributed by atoms with van der Waals surface area (Å²) in [6, 6.07) is 2.68. The maximum atomic E-state index is 4.07. The third-order valence-corrected chi connectivity index (χ3v) is 2.13. The number of halogens is 1. The van der Waals surface area contributed by atoms with Crippen LogP contribution in [0.25, 0.3) is 0 Å². The van der Waals surface area contributed by atoms with E-state index in [0.717, 1.165) is 31.3 Å². The van der Waals surface area contributed by atoms with Crippen LogP contribution < -0.4 is 12.4 Å². The second kappa shape index (κ2) is 9.76. The maximum Gasteiger partial charge on any atom is 0.0892 e. The van der Waals surface area contributed by atoms with Crippen LogP contribution in [0.5, 0.6) is 0 Å². The summed E-state index contributed by atoms with van der Waals surface area (Å²) in [7, 11) is 0. The second-order valence-corrected chi connectivity index (χ2v) is 3.47. The van der Waals surface area contributed by atoms with Crippen LogP contribution in [0, 0.1) is 11.8 Å². The van der Waals surface area contributed by atoms with Gasteiger partial charge in [0.25, 0.3) is 0 Å². The molecule has 0 amide bonds. The molecule has 1 atom stereocenters. The summed E-state index contributed by atoms with van der Waals surface area (Å²) in [5.41, 5.74) is 0. The van der Waals surface area contributed by atoms with E-state index in [0.29, 0.717) is 0 Å². The van der Waals surface area contributed by atoms with Crippen LogP contribution in [-0.2, 0) is 0 Å². The van der Waals surface area contributed by atoms with Crippen molar-refractivity contribution in [2.24, 2.45) is 21.8 Å². The fourth-order valence-electron chi connectivity index (χ4n) is 0.772. The number of nitrogens with zero attached hydrogens (tertiary/aromatic N) is 2. The van der Waals surface area contributed by atoms with Gasteiger partial charge in [0.05, 0.1) is 12.6 Å². The van der Waals surface area contributed by atoms with Crippen molar-refractivity contribution in [3.8, 4) is 0 Å². The molecule has 0 aliphatic rings. The van der Waals surface area contributed by atoms with E-state index in [-0.39, 0.29) is 12.4 Å². The minimum absolute atomic E-state index is 0. The minimum atomic E-state index is 0. The Bertz CT molecular complexity index is 160. The molecular formula is C10H20ClN2-. The standard InChI is InChI=1S/C10H20N2.ClH/c1-5-11-8-12-7-6-10(4)9(2)3;/h9-10H,5-7H2,1-4H3;1H/p-1. The highest BCUT2D eigenvalue weighted by molar-refractivity contribution is 5.40. The lowest BCUT2D eigenvalue weighted by Crippen LogP contribution is -3.00. The molecule has 0 aliphatic carbocycles. The second-order valence-electron chi connectivity index (χ2n) is 3.47. The summed E-state index contributed by atoms with van der Waals surface area (Å²) < 4.78 is 0. The summed E-state index contributed by atoms with van der Waals surface area (Å²) in [5, 5.41) is 0. The van der Waals surface area contributed by atoms with Gasteiger partial charge in [0, 0.05) is 6.54 Å². The highest BCUT2D eigenvalue weighted by atomic mass is 35.5. The Kier molecular flexibility index (Phi) is 11.4. The molecule has 13 heavy (non-hydrogen) atoms. The van der Waals surface area contributed by atoms with Gasteiger partial charge >= 0.3 is 0 Å². The fourth-order valence-corrected chi connectivity index (χ4v) is 0.772. The molecule has 0 fully saturated rings. The summed E-state index contributed by atoms with van der Waals surface area (Å²) in [5.74, 6) is 1.50. The molecule has 0 aliphatic heterocycles. The van der Waals surface area contributed by atoms with Crippen molar-refractivity contribution >= 4 is 6.01 Å². The molecule has 0 heterocycles. The minimum Gasteiger partial charge on any atom is -1.00 e. The van der Waals surface area contributed by atoms with Gasteiger partial charge in [-0.3, -0.25) is 0 Å². The van der Waals surface area contributed by atoms with E-state index in [1.54, 1.807) is 0 Å². The predicted molar refractivity (Wildman–Crippen MR) is 53.9 cm³/mol. The van der Waals surface area contributed by atoms with Gasteiger partial charge in [0.1, 0.15) is 0 Å². The van der Waals surface area contributed by atoms with Crippen LogP contribution in [0.2, 0.25) is 0 Å². The summed E-state index contributed by atoms with van der Waals surface area (Å²) >= 11 is 0. The van der Waals surface area contributed by atoms with Crippen molar-refractivity contribution in [1.29, 1.82) is 0 Å². The number of hydrogen-bond donors (Lipinski definition) is 0. The van der Waals surface area contributed by atoms with Crippen LogP contribution in [0.4, 0.5) is 0 Å². The van der Waals surface area contributed by atoms with Crippen molar-refractivity contribution in [3.05, 3.63) is 0 Å². The number of rotatable bonds is 5. The molecule has 3 heteroatoms. The summed E-state index contributed by atoms with van der Waals surface area (Å²) in [4.78, 5) is 7.96. The monoisotopic (exact) mass is 203 g/mol. The molecule has 0 N–H and O–H groups in total. The van der Waals surface area contributed by atoms with E-state index in [9.17, 15) is 0 Å². The molecular weight excluding hydrogens is 184 g/mol. The fraction of sp³-hybridized carbons (Fsp3) is 0.900. The maximum absolute atomic E-state index is 4.07. The van der Waals surface area contributed by atoms with E-state index in [1.807, 2.05) is 6.92 Å². The first kappa shape index (κ1) is 15.2. The van der Waals surface area contributed by atoms with Gasteiger partial charge in [-0.05, 0) is 25.2 Å². The van der Waals surface area contributed by atoms with Gasteiger partial charge in [0.15, 0.2) is 0 Å². The van der Waals surface area contributed by atoms with Crippen LogP contribution in [0.15, 0.2) is 9.98 Å². The van der Waals surface area contributed by atoms with Crippen molar-refractivity contribution < 1.29 is 12.4 Å². The lowest BCUT2D eigenvalue weighted by molar-refractivity contribution is -0.00000294. The van der Waals surface area contributed by atoms with Crippen LogP contribution in [-0.4, -0.2) is 19.1 Å². The highest BCUT2D eigenvalue weighted by Gasteiger charge is 2.04. The Balaban J connectivity index is 0. The Labute approximate surface area is 88.0 Å². The van der Waals surface area contributed by atoms with Gasteiger partial charge in [-0.1, -0.05) is 20.8 Å². The van der Waals surface area contributed by atoms with E-state index in [1.165, 1.54) is 0 Å². The number of hydrogen-bond acceptors (Lipinski definition) is 2. The van der Waals surface area contributed by atoms with Gasteiger partial charge in [-0.2, -0.15) is 0 Å². The van der Waals surface area contributed by atoms with Crippen molar-refractivity contribution in [1.82, 2.24) is 0 Å². The van der Waals surface area contributed by atoms with Gasteiger partial charge in [-0.15, -0.1) is 0 Å². The first-order valence-corrected chi connectivity index (χ1v) is 4.76. The van der Waals surface area contributed by atoms with Crippen LogP contribution in [0.1, 0.15) is 34.1 Å². The first-order valence-electron chi connectivity index (χ1n) is 4.76. The predicted octanol–water partition coefficient (Wildman–Crippen LogP) is -0.134. The molecule has 0 bridgehead atoms. The lowest BCUT2D eigenvalue weighted by atomic mass is 9.95. The zero-order valence-corrected chi connectivity index (χ0v) is 9.80. The molecule has 0 radical (unpaired) electrons. The molecule has 0 aromatic carbocycles. The SMILES string of the molecule is CCN=C=NCCC(C)C(C)C.[Cl-]. The largest absolute Gasteiger partial charge is 1.00 e. The molecule has 0 spiro atoms. The molecule has 0 aromatic heterocycles. The zero-order valence-electron chi connectivity index (χ0n) is 9.05. The van der Waals surface area contributed by atoms with Crippen molar-refractivity contribution in [3.63, 3.8) is 0 Å². The Morgan fingerprint density at radius 2 is 1.77 bits per heavy atom. The van der Waals surface area contributed by atoms with E-state index in [4.69, 9.17) is 0 Å². The normalized spacial score (nSPS) is 11.5. The average molecular weight is 204 g/mol. The Morgan fingerprint density at radius 3 is 2.23 bits per heavy atom. The quantitative estimate of drug-likeness (QED) is 0.557. The lowest BCUT2D eigenvalue weighted by Gasteiger charge is -2.12. The molecule has 0 rings (SSSR count). The molecule has 0 aromatic rings. The van der Waals surface area contributed by atoms with Gasteiger partial charge < -0.3 is 12.4 Å². The topological polar surface area (TPSA) is 24.7 Å². The zero-order chi connectivity index (χ0) is 9.40. The van der Waals surface area contributed by atoms with Crippen LogP contribution in [0.3, 0.4) is 0 Å². The average Bonchev–Trinajstić information content (AvgIpc) is 2.03. The Morgan fingerprint density at radius 1 is 1.15 bits per heavy atom. The first-order chi connectivity index (χ1) is 5.68. The van der Waals surface area contributed by atoms with Gasteiger partial charge in [0.2, 0.25) is 0 Å². The molecule has 1 unspecified atom stereocenters. The molecule has 2 nitrogen and oxygen atoms in total. The number of aliphatic imine (C=N–C) groups is 2. The third-order valence-electron chi connectivity index (χ3n) is 2.13. The Hall–Kier alpha value is -0.330. The van der Waals surface area contributed by atoms with Crippen molar-refractivity contribution in [2.75, 3.05) is 13.1 Å². The third kappa shape index (κ3) is 9.59. The highest BCUT2D eigenvalue weighted by Crippen LogP contribution is 2.13. The van der Waals surface area contributed by atoms with E-state index < -0.39 is 0 Å². The molecule has 0 saturated carbocycles. The summed E-state index contributed by atoms with van der Waals surface area (Å²) in [6.45, 7) is 10.4. The molecule has 0 saturated heterocycles. The van der Waals surface area contributed by atoms with E-state index >= 15 is 0 Å². The van der Waals surface area contributed by atoms with Crippen LogP contribution >= 0.6 is 0 Å².